The molecule has 4 N–H and O–H groups in total. The summed E-state index contributed by atoms with van der Waals surface area (Å²) >= 11 is 0. The second kappa shape index (κ2) is 16.4. The molecule has 1 saturated heterocycles. The van der Waals surface area contributed by atoms with E-state index in [-0.39, 0.29) is 12.8 Å². The highest BCUT2D eigenvalue weighted by Crippen LogP contribution is 2.29. The lowest BCUT2D eigenvalue weighted by Gasteiger charge is -2.42. The fraction of sp³-hybridized carbons (Fsp3) is 0.769. The van der Waals surface area contributed by atoms with Crippen LogP contribution >= 0.6 is 0 Å². The van der Waals surface area contributed by atoms with Crippen molar-refractivity contribution in [3.05, 3.63) is 32.9 Å². The summed E-state index contributed by atoms with van der Waals surface area (Å²) in [5, 5.41) is 10.9. The normalized spacial score (nSPS) is 23.2. The molecule has 0 amide bonds. The summed E-state index contributed by atoms with van der Waals surface area (Å²) in [7, 11) is 0. The van der Waals surface area contributed by atoms with Crippen LogP contribution in [-0.2, 0) is 23.8 Å². The van der Waals surface area contributed by atoms with Crippen LogP contribution in [0, 0.1) is 5.82 Å². The number of carbonyl (C=O) groups excluding carboxylic acids is 2. The molecule has 2 heterocycles. The van der Waals surface area contributed by atoms with Gasteiger partial charge in [0, 0.05) is 12.8 Å². The van der Waals surface area contributed by atoms with Crippen LogP contribution in [0.5, 0.6) is 0 Å². The summed E-state index contributed by atoms with van der Waals surface area (Å²) in [6.07, 6.45) is 4.74. The van der Waals surface area contributed by atoms with E-state index in [1.54, 1.807) is 0 Å². The molecule has 5 unspecified atom stereocenters. The van der Waals surface area contributed by atoms with Crippen LogP contribution in [-0.4, -0.2) is 57.6 Å². The standard InChI is InChI=1S/C26H42FN3O8/c1-3-5-7-9-11-13-19(31)36-16-18-22(33)23(38-20(32)14-12-10-8-6-4-2)21(28)25(37-18)30-15-17(27)24(34)29-26(30)35/h15,18,21-23,25,33H,3-14,16,28H2,1-2H3,(H,29,34,35). The molecule has 0 spiro atoms. The lowest BCUT2D eigenvalue weighted by atomic mass is 9.96. The fourth-order valence-electron chi connectivity index (χ4n) is 4.34. The summed E-state index contributed by atoms with van der Waals surface area (Å²) < 4.78 is 31.2. The number of esters is 2. The Bertz CT molecular complexity index is 997. The summed E-state index contributed by atoms with van der Waals surface area (Å²) in [6, 6.07) is -1.29. The van der Waals surface area contributed by atoms with Crippen LogP contribution in [0.1, 0.15) is 97.1 Å². The van der Waals surface area contributed by atoms with E-state index in [2.05, 4.69) is 13.8 Å². The molecule has 12 heteroatoms. The molecule has 0 aliphatic carbocycles. The van der Waals surface area contributed by atoms with Gasteiger partial charge in [0.2, 0.25) is 5.82 Å². The summed E-state index contributed by atoms with van der Waals surface area (Å²) in [5.74, 6) is -2.33. The van der Waals surface area contributed by atoms with Crippen molar-refractivity contribution in [3.8, 4) is 0 Å². The van der Waals surface area contributed by atoms with Crippen LogP contribution in [0.4, 0.5) is 4.39 Å². The largest absolute Gasteiger partial charge is 0.463 e. The van der Waals surface area contributed by atoms with Gasteiger partial charge in [-0.1, -0.05) is 65.2 Å². The average Bonchev–Trinajstić information content (AvgIpc) is 2.88. The number of aromatic nitrogens is 2. The number of hydrogen-bond acceptors (Lipinski definition) is 9. The van der Waals surface area contributed by atoms with Gasteiger partial charge in [-0.25, -0.2) is 4.79 Å². The number of unbranched alkanes of at least 4 members (excludes halogenated alkanes) is 8. The summed E-state index contributed by atoms with van der Waals surface area (Å²) in [5.41, 5.74) is 4.01. The third-order valence-corrected chi connectivity index (χ3v) is 6.58. The SMILES string of the molecule is CCCCCCCC(=O)OCC1OC(n2cc(F)c(=O)[nH]c2=O)C(N)C(OC(=O)CCCCCCC)C1O. The Kier molecular flexibility index (Phi) is 13.7. The van der Waals surface area contributed by atoms with E-state index in [0.29, 0.717) is 19.0 Å². The number of aromatic amines is 1. The molecule has 216 valence electrons. The molecule has 0 saturated carbocycles. The number of nitrogens with two attached hydrogens (primary N) is 1. The van der Waals surface area contributed by atoms with E-state index in [4.69, 9.17) is 19.9 Å². The third-order valence-electron chi connectivity index (χ3n) is 6.58. The van der Waals surface area contributed by atoms with Gasteiger partial charge in [0.1, 0.15) is 24.9 Å². The number of carbonyl (C=O) groups is 2. The number of aliphatic hydroxyl groups excluding tert-OH is 1. The Hall–Kier alpha value is -2.57. The smallest absolute Gasteiger partial charge is 0.330 e. The zero-order chi connectivity index (χ0) is 28.1. The molecular weight excluding hydrogens is 501 g/mol. The first kappa shape index (κ1) is 31.6. The van der Waals surface area contributed by atoms with E-state index in [9.17, 15) is 28.7 Å². The van der Waals surface area contributed by atoms with E-state index in [1.807, 2.05) is 4.98 Å². The molecule has 5 atom stereocenters. The van der Waals surface area contributed by atoms with Gasteiger partial charge in [-0.3, -0.25) is 23.9 Å². The van der Waals surface area contributed by atoms with Crippen LogP contribution < -0.4 is 17.0 Å². The first-order valence-corrected chi connectivity index (χ1v) is 13.6. The topological polar surface area (TPSA) is 163 Å². The molecular formula is C26H42FN3O8. The molecule has 1 aliphatic heterocycles. The molecule has 0 radical (unpaired) electrons. The van der Waals surface area contributed by atoms with E-state index in [0.717, 1.165) is 55.9 Å². The first-order valence-electron chi connectivity index (χ1n) is 13.6. The Balaban J connectivity index is 2.12. The summed E-state index contributed by atoms with van der Waals surface area (Å²) in [6.45, 7) is 3.78. The number of nitrogens with one attached hydrogen (secondary N) is 1. The number of rotatable bonds is 16. The molecule has 0 aromatic carbocycles. The number of aliphatic hydroxyl groups is 1. The monoisotopic (exact) mass is 543 g/mol. The van der Waals surface area contributed by atoms with Gasteiger partial charge in [0.05, 0.1) is 12.2 Å². The Morgan fingerprint density at radius 1 is 1.03 bits per heavy atom. The number of nitrogens with zero attached hydrogens (tertiary/aromatic N) is 1. The molecule has 0 bridgehead atoms. The summed E-state index contributed by atoms with van der Waals surface area (Å²) in [4.78, 5) is 50.4. The predicted molar refractivity (Wildman–Crippen MR) is 137 cm³/mol. The van der Waals surface area contributed by atoms with Crippen molar-refractivity contribution < 1.29 is 33.3 Å². The minimum Gasteiger partial charge on any atom is -0.463 e. The van der Waals surface area contributed by atoms with Crippen LogP contribution in [0.15, 0.2) is 15.8 Å². The van der Waals surface area contributed by atoms with Crippen LogP contribution in [0.2, 0.25) is 0 Å². The molecule has 1 aromatic heterocycles. The van der Waals surface area contributed by atoms with Crippen molar-refractivity contribution in [3.63, 3.8) is 0 Å². The minimum atomic E-state index is -1.48. The number of halogens is 1. The maximum Gasteiger partial charge on any atom is 0.330 e. The molecule has 38 heavy (non-hydrogen) atoms. The van der Waals surface area contributed by atoms with Gasteiger partial charge < -0.3 is 25.1 Å². The number of H-pyrrole nitrogens is 1. The van der Waals surface area contributed by atoms with Gasteiger partial charge >= 0.3 is 17.6 Å². The van der Waals surface area contributed by atoms with Crippen molar-refractivity contribution in [1.29, 1.82) is 0 Å². The highest BCUT2D eigenvalue weighted by atomic mass is 19.1. The van der Waals surface area contributed by atoms with E-state index in [1.165, 1.54) is 0 Å². The van der Waals surface area contributed by atoms with E-state index >= 15 is 0 Å². The zero-order valence-electron chi connectivity index (χ0n) is 22.4. The van der Waals surface area contributed by atoms with E-state index < -0.39 is 66.2 Å². The van der Waals surface area contributed by atoms with Crippen LogP contribution in [0.25, 0.3) is 0 Å². The second-order valence-electron chi connectivity index (χ2n) is 9.74. The lowest BCUT2D eigenvalue weighted by Crippen LogP contribution is -2.62. The van der Waals surface area contributed by atoms with Crippen molar-refractivity contribution in [2.45, 2.75) is 121 Å². The molecule has 11 nitrogen and oxygen atoms in total. The van der Waals surface area contributed by atoms with Gasteiger partial charge in [-0.2, -0.15) is 4.39 Å². The Morgan fingerprint density at radius 2 is 1.61 bits per heavy atom. The van der Waals surface area contributed by atoms with Crippen molar-refractivity contribution in [2.24, 2.45) is 5.73 Å². The van der Waals surface area contributed by atoms with Crippen molar-refractivity contribution in [2.75, 3.05) is 6.61 Å². The lowest BCUT2D eigenvalue weighted by molar-refractivity contribution is -0.226. The average molecular weight is 544 g/mol. The number of hydrogen-bond donors (Lipinski definition) is 3. The molecule has 1 fully saturated rings. The van der Waals surface area contributed by atoms with Gasteiger partial charge in [-0.05, 0) is 12.8 Å². The highest BCUT2D eigenvalue weighted by Gasteiger charge is 2.47. The van der Waals surface area contributed by atoms with Crippen molar-refractivity contribution in [1.82, 2.24) is 9.55 Å². The maximum atomic E-state index is 14.0. The van der Waals surface area contributed by atoms with Gasteiger partial charge in [-0.15, -0.1) is 0 Å². The highest BCUT2D eigenvalue weighted by molar-refractivity contribution is 5.70. The van der Waals surface area contributed by atoms with Crippen LogP contribution in [0.3, 0.4) is 0 Å². The van der Waals surface area contributed by atoms with Crippen molar-refractivity contribution >= 4 is 11.9 Å². The minimum absolute atomic E-state index is 0.107. The second-order valence-corrected chi connectivity index (χ2v) is 9.74. The zero-order valence-corrected chi connectivity index (χ0v) is 22.4. The van der Waals surface area contributed by atoms with Gasteiger partial charge in [0.25, 0.3) is 5.56 Å². The fourth-order valence-corrected chi connectivity index (χ4v) is 4.34. The Labute approximate surface area is 221 Å². The number of ether oxygens (including phenoxy) is 3. The predicted octanol–water partition coefficient (Wildman–Crippen LogP) is 2.44. The quantitative estimate of drug-likeness (QED) is 0.210. The molecule has 1 aliphatic rings. The molecule has 1 aromatic rings. The molecule has 2 rings (SSSR count). The first-order chi connectivity index (χ1) is 18.2. The Morgan fingerprint density at radius 3 is 2.21 bits per heavy atom. The van der Waals surface area contributed by atoms with Gasteiger partial charge in [0.15, 0.2) is 6.23 Å². The third kappa shape index (κ3) is 9.63. The maximum absolute atomic E-state index is 14.0.